The minimum Gasteiger partial charge on any atom is -0.448 e. The van der Waals surface area contributed by atoms with Crippen molar-refractivity contribution in [3.05, 3.63) is 17.8 Å². The third-order valence-electron chi connectivity index (χ3n) is 2.71. The van der Waals surface area contributed by atoms with Gasteiger partial charge in [-0.25, -0.2) is 4.98 Å². The van der Waals surface area contributed by atoms with Crippen LogP contribution in [0.4, 0.5) is 0 Å². The fourth-order valence-corrected chi connectivity index (χ4v) is 2.48. The molecule has 12 heavy (non-hydrogen) atoms. The second-order valence-electron chi connectivity index (χ2n) is 4.97. The van der Waals surface area contributed by atoms with Crippen LogP contribution in [0.2, 0.25) is 0 Å². The van der Waals surface area contributed by atoms with Crippen LogP contribution in [0.3, 0.4) is 0 Å². The molecule has 0 bridgehead atoms. The summed E-state index contributed by atoms with van der Waals surface area (Å²) in [5.74, 6) is 1.08. The molecule has 2 rings (SSSR count). The smallest absolute Gasteiger partial charge is 0.181 e. The molecule has 0 fully saturated rings. The highest BCUT2D eigenvalue weighted by atomic mass is 16.3. The van der Waals surface area contributed by atoms with Gasteiger partial charge in [0.1, 0.15) is 5.76 Å². The highest BCUT2D eigenvalue weighted by molar-refractivity contribution is 5.32. The van der Waals surface area contributed by atoms with Crippen molar-refractivity contribution >= 4 is 0 Å². The molecule has 0 N–H and O–H groups in total. The lowest BCUT2D eigenvalue weighted by molar-refractivity contribution is 0.345. The first-order valence-electron chi connectivity index (χ1n) is 4.38. The Bertz CT molecular complexity index is 281. The first-order chi connectivity index (χ1) is 5.43. The summed E-state index contributed by atoms with van der Waals surface area (Å²) in [6.45, 7) is 8.88. The highest BCUT2D eigenvalue weighted by Gasteiger charge is 2.45. The van der Waals surface area contributed by atoms with Crippen LogP contribution >= 0.6 is 0 Å². The summed E-state index contributed by atoms with van der Waals surface area (Å²) < 4.78 is 5.42. The monoisotopic (exact) mass is 165 g/mol. The standard InChI is InChI=1S/C10H15NO/c1-9(2)5-10(3,4)8-7(9)11-6-12-8/h6H,5H2,1-4H3. The van der Waals surface area contributed by atoms with Crippen LogP contribution in [0.15, 0.2) is 10.8 Å². The summed E-state index contributed by atoms with van der Waals surface area (Å²) in [5.41, 5.74) is 1.49. The van der Waals surface area contributed by atoms with Gasteiger partial charge in [-0.05, 0) is 6.42 Å². The van der Waals surface area contributed by atoms with Crippen molar-refractivity contribution in [1.29, 1.82) is 0 Å². The summed E-state index contributed by atoms with van der Waals surface area (Å²) in [6, 6.07) is 0. The van der Waals surface area contributed by atoms with Gasteiger partial charge >= 0.3 is 0 Å². The van der Waals surface area contributed by atoms with E-state index in [0.29, 0.717) is 0 Å². The fourth-order valence-electron chi connectivity index (χ4n) is 2.48. The highest BCUT2D eigenvalue weighted by Crippen LogP contribution is 2.48. The third kappa shape index (κ3) is 0.838. The van der Waals surface area contributed by atoms with E-state index in [9.17, 15) is 0 Å². The van der Waals surface area contributed by atoms with E-state index >= 15 is 0 Å². The minimum atomic E-state index is 0.162. The molecule has 1 heterocycles. The molecule has 0 saturated carbocycles. The summed E-state index contributed by atoms with van der Waals surface area (Å²) in [4.78, 5) is 4.28. The van der Waals surface area contributed by atoms with Gasteiger partial charge in [-0.3, -0.25) is 0 Å². The van der Waals surface area contributed by atoms with Gasteiger partial charge in [0.15, 0.2) is 6.39 Å². The van der Waals surface area contributed by atoms with Crippen molar-refractivity contribution in [1.82, 2.24) is 4.98 Å². The molecule has 0 spiro atoms. The van der Waals surface area contributed by atoms with Gasteiger partial charge in [-0.2, -0.15) is 0 Å². The number of oxazole rings is 1. The molecule has 0 unspecified atom stereocenters. The van der Waals surface area contributed by atoms with Gasteiger partial charge in [-0.1, -0.05) is 27.7 Å². The van der Waals surface area contributed by atoms with Crippen molar-refractivity contribution in [2.24, 2.45) is 0 Å². The molecule has 0 atom stereocenters. The molecule has 1 aliphatic rings. The molecular formula is C10H15NO. The molecule has 66 valence electrons. The maximum absolute atomic E-state index is 5.42. The van der Waals surface area contributed by atoms with E-state index in [1.54, 1.807) is 6.39 Å². The largest absolute Gasteiger partial charge is 0.448 e. The minimum absolute atomic E-state index is 0.162. The summed E-state index contributed by atoms with van der Waals surface area (Å²) in [5, 5.41) is 0. The number of nitrogens with zero attached hydrogens (tertiary/aromatic N) is 1. The van der Waals surface area contributed by atoms with Gasteiger partial charge in [-0.15, -0.1) is 0 Å². The molecule has 0 aromatic carbocycles. The number of hydrogen-bond donors (Lipinski definition) is 0. The Morgan fingerprint density at radius 2 is 1.92 bits per heavy atom. The van der Waals surface area contributed by atoms with Crippen LogP contribution in [0, 0.1) is 0 Å². The maximum Gasteiger partial charge on any atom is 0.181 e. The molecule has 1 aromatic heterocycles. The normalized spacial score (nSPS) is 24.0. The number of rotatable bonds is 0. The van der Waals surface area contributed by atoms with Crippen LogP contribution < -0.4 is 0 Å². The summed E-state index contributed by atoms with van der Waals surface area (Å²) in [7, 11) is 0. The van der Waals surface area contributed by atoms with Gasteiger partial charge in [0.05, 0.1) is 5.69 Å². The predicted molar refractivity (Wildman–Crippen MR) is 47.2 cm³/mol. The average Bonchev–Trinajstić information content (AvgIpc) is 2.34. The molecular weight excluding hydrogens is 150 g/mol. The zero-order valence-corrected chi connectivity index (χ0v) is 8.14. The van der Waals surface area contributed by atoms with E-state index in [0.717, 1.165) is 17.9 Å². The molecule has 2 heteroatoms. The maximum atomic E-state index is 5.42. The Labute approximate surface area is 73.0 Å². The molecule has 0 aliphatic heterocycles. The lowest BCUT2D eigenvalue weighted by atomic mass is 9.83. The Morgan fingerprint density at radius 3 is 2.50 bits per heavy atom. The van der Waals surface area contributed by atoms with Crippen LogP contribution in [-0.4, -0.2) is 4.98 Å². The van der Waals surface area contributed by atoms with E-state index in [1.807, 2.05) is 0 Å². The van der Waals surface area contributed by atoms with Gasteiger partial charge < -0.3 is 4.42 Å². The second-order valence-corrected chi connectivity index (χ2v) is 4.97. The average molecular weight is 165 g/mol. The lowest BCUT2D eigenvalue weighted by Gasteiger charge is -2.21. The molecule has 1 aromatic rings. The first-order valence-corrected chi connectivity index (χ1v) is 4.38. The van der Waals surface area contributed by atoms with E-state index in [-0.39, 0.29) is 10.8 Å². The first kappa shape index (κ1) is 7.84. The van der Waals surface area contributed by atoms with Crippen molar-refractivity contribution in [2.45, 2.75) is 44.9 Å². The number of aromatic nitrogens is 1. The Balaban J connectivity index is 2.60. The molecule has 1 aliphatic carbocycles. The van der Waals surface area contributed by atoms with Crippen molar-refractivity contribution in [2.75, 3.05) is 0 Å². The van der Waals surface area contributed by atoms with E-state index in [1.165, 1.54) is 0 Å². The van der Waals surface area contributed by atoms with E-state index in [4.69, 9.17) is 4.42 Å². The molecule has 0 saturated heterocycles. The summed E-state index contributed by atoms with van der Waals surface area (Å²) in [6.07, 6.45) is 2.69. The van der Waals surface area contributed by atoms with Gasteiger partial charge in [0, 0.05) is 10.8 Å². The van der Waals surface area contributed by atoms with E-state index in [2.05, 4.69) is 32.7 Å². The van der Waals surface area contributed by atoms with Crippen molar-refractivity contribution in [3.63, 3.8) is 0 Å². The van der Waals surface area contributed by atoms with Crippen molar-refractivity contribution < 1.29 is 4.42 Å². The van der Waals surface area contributed by atoms with Gasteiger partial charge in [0.2, 0.25) is 0 Å². The van der Waals surface area contributed by atoms with Crippen molar-refractivity contribution in [3.8, 4) is 0 Å². The zero-order valence-electron chi connectivity index (χ0n) is 8.14. The SMILES string of the molecule is CC1(C)CC(C)(C)c2ocnc21. The third-order valence-corrected chi connectivity index (χ3v) is 2.71. The second kappa shape index (κ2) is 1.93. The summed E-state index contributed by atoms with van der Waals surface area (Å²) >= 11 is 0. The molecule has 0 radical (unpaired) electrons. The number of hydrogen-bond acceptors (Lipinski definition) is 2. The zero-order chi connectivity index (χ0) is 8.98. The topological polar surface area (TPSA) is 26.0 Å². The van der Waals surface area contributed by atoms with Gasteiger partial charge in [0.25, 0.3) is 0 Å². The van der Waals surface area contributed by atoms with Crippen LogP contribution in [-0.2, 0) is 10.8 Å². The lowest BCUT2D eigenvalue weighted by Crippen LogP contribution is -2.18. The number of fused-ring (bicyclic) bond motifs is 1. The molecule has 0 amide bonds. The van der Waals surface area contributed by atoms with E-state index < -0.39 is 0 Å². The quantitative estimate of drug-likeness (QED) is 0.590. The van der Waals surface area contributed by atoms with Crippen LogP contribution in [0.25, 0.3) is 0 Å². The van der Waals surface area contributed by atoms with Crippen LogP contribution in [0.5, 0.6) is 0 Å². The van der Waals surface area contributed by atoms with Crippen LogP contribution in [0.1, 0.15) is 45.6 Å². The molecule has 2 nitrogen and oxygen atoms in total. The Hall–Kier alpha value is -0.790. The Kier molecular flexibility index (Phi) is 1.26. The predicted octanol–water partition coefficient (Wildman–Crippen LogP) is 2.63. The fraction of sp³-hybridized carbons (Fsp3) is 0.700. The Morgan fingerprint density at radius 1 is 1.25 bits per heavy atom.